The van der Waals surface area contributed by atoms with Crippen LogP contribution in [0.5, 0.6) is 0 Å². The molecule has 1 aliphatic rings. The first-order valence-electron chi connectivity index (χ1n) is 10.7. The fourth-order valence-corrected chi connectivity index (χ4v) is 4.08. The van der Waals surface area contributed by atoms with Crippen molar-refractivity contribution in [1.82, 2.24) is 19.9 Å². The number of esters is 1. The monoisotopic (exact) mass is 400 g/mol. The zero-order chi connectivity index (χ0) is 21.0. The minimum Gasteiger partial charge on any atom is -0.453 e. The topological polar surface area (TPSA) is 85.6 Å². The van der Waals surface area contributed by atoms with Crippen molar-refractivity contribution in [3.8, 4) is 0 Å². The van der Waals surface area contributed by atoms with Crippen LogP contribution in [0.2, 0.25) is 0 Å². The van der Waals surface area contributed by atoms with E-state index in [0.29, 0.717) is 6.42 Å². The van der Waals surface area contributed by atoms with Crippen molar-refractivity contribution in [2.24, 2.45) is 0 Å². The highest BCUT2D eigenvalue weighted by molar-refractivity contribution is 5.83. The van der Waals surface area contributed by atoms with E-state index in [1.165, 1.54) is 12.8 Å². The first-order chi connectivity index (χ1) is 13.8. The molecular weight excluding hydrogens is 368 g/mol. The summed E-state index contributed by atoms with van der Waals surface area (Å²) >= 11 is 0. The molecule has 29 heavy (non-hydrogen) atoms. The minimum atomic E-state index is -0.776. The number of aryl methyl sites for hydroxylation is 3. The van der Waals surface area contributed by atoms with Crippen LogP contribution in [0.25, 0.3) is 5.65 Å². The van der Waals surface area contributed by atoms with Gasteiger partial charge in [0.05, 0.1) is 5.69 Å². The maximum Gasteiger partial charge on any atom is 0.306 e. The van der Waals surface area contributed by atoms with Gasteiger partial charge in [0.15, 0.2) is 11.8 Å². The average molecular weight is 401 g/mol. The number of amides is 1. The molecule has 0 radical (unpaired) electrons. The van der Waals surface area contributed by atoms with Crippen molar-refractivity contribution in [1.29, 1.82) is 0 Å². The van der Waals surface area contributed by atoms with Gasteiger partial charge in [-0.1, -0.05) is 25.7 Å². The molecule has 1 fully saturated rings. The van der Waals surface area contributed by atoms with Gasteiger partial charge in [0.2, 0.25) is 0 Å². The van der Waals surface area contributed by atoms with Gasteiger partial charge in [-0.2, -0.15) is 5.10 Å². The van der Waals surface area contributed by atoms with E-state index in [1.807, 2.05) is 31.4 Å². The van der Waals surface area contributed by atoms with E-state index in [4.69, 9.17) is 4.74 Å². The number of aromatic nitrogens is 3. The zero-order valence-corrected chi connectivity index (χ0v) is 18.0. The number of ether oxygens (including phenoxy) is 1. The third kappa shape index (κ3) is 5.34. The van der Waals surface area contributed by atoms with Crippen molar-refractivity contribution in [2.45, 2.75) is 91.2 Å². The number of fused-ring (bicyclic) bond motifs is 1. The van der Waals surface area contributed by atoms with Crippen molar-refractivity contribution < 1.29 is 14.3 Å². The smallest absolute Gasteiger partial charge is 0.306 e. The molecule has 1 atom stereocenters. The number of rotatable bonds is 6. The van der Waals surface area contributed by atoms with Gasteiger partial charge in [0.25, 0.3) is 5.91 Å². The zero-order valence-electron chi connectivity index (χ0n) is 18.0. The molecule has 158 valence electrons. The van der Waals surface area contributed by atoms with E-state index in [9.17, 15) is 9.59 Å². The molecule has 0 spiro atoms. The molecule has 0 bridgehead atoms. The summed E-state index contributed by atoms with van der Waals surface area (Å²) in [6.45, 7) is 7.50. The maximum absolute atomic E-state index is 12.4. The van der Waals surface area contributed by atoms with Gasteiger partial charge in [-0.25, -0.2) is 9.50 Å². The van der Waals surface area contributed by atoms with E-state index < -0.39 is 6.10 Å². The summed E-state index contributed by atoms with van der Waals surface area (Å²) in [5.74, 6) is -0.572. The van der Waals surface area contributed by atoms with Gasteiger partial charge < -0.3 is 10.1 Å². The van der Waals surface area contributed by atoms with Crippen molar-refractivity contribution in [2.75, 3.05) is 0 Å². The standard InChI is InChI=1S/C22H32N4O3/c1-14-13-20-23-15(2)19(16(3)26(20)25-14)11-12-21(27)29-17(4)22(28)24-18-9-7-5-6-8-10-18/h13,17-18H,5-12H2,1-4H3,(H,24,28)/t17-/m0/s1. The number of nitrogens with one attached hydrogen (secondary N) is 1. The van der Waals surface area contributed by atoms with Crippen LogP contribution in [0.15, 0.2) is 6.07 Å². The van der Waals surface area contributed by atoms with Gasteiger partial charge in [0.1, 0.15) is 0 Å². The molecule has 0 saturated heterocycles. The van der Waals surface area contributed by atoms with Gasteiger partial charge in [0, 0.05) is 29.9 Å². The summed E-state index contributed by atoms with van der Waals surface area (Å²) in [5, 5.41) is 7.50. The van der Waals surface area contributed by atoms with Gasteiger partial charge >= 0.3 is 5.97 Å². The van der Waals surface area contributed by atoms with Crippen LogP contribution < -0.4 is 5.32 Å². The molecule has 2 aromatic heterocycles. The molecule has 1 N–H and O–H groups in total. The molecule has 0 unspecified atom stereocenters. The van der Waals surface area contributed by atoms with E-state index >= 15 is 0 Å². The number of hydrogen-bond donors (Lipinski definition) is 1. The summed E-state index contributed by atoms with van der Waals surface area (Å²) in [7, 11) is 0. The summed E-state index contributed by atoms with van der Waals surface area (Å²) in [6.07, 6.45) is 6.70. The Hall–Kier alpha value is -2.44. The van der Waals surface area contributed by atoms with E-state index in [2.05, 4.69) is 15.4 Å². The van der Waals surface area contributed by atoms with Crippen LogP contribution in [-0.2, 0) is 20.7 Å². The predicted octanol–water partition coefficient (Wildman–Crippen LogP) is 3.36. The number of hydrogen-bond acceptors (Lipinski definition) is 5. The van der Waals surface area contributed by atoms with E-state index in [0.717, 1.165) is 54.0 Å². The SMILES string of the molecule is Cc1cc2nc(C)c(CCC(=O)O[C@@H](C)C(=O)NC3CCCCCC3)c(C)n2n1. The Morgan fingerprint density at radius 1 is 1.21 bits per heavy atom. The second-order valence-corrected chi connectivity index (χ2v) is 8.15. The fourth-order valence-electron chi connectivity index (χ4n) is 4.08. The molecule has 0 aromatic carbocycles. The van der Waals surface area contributed by atoms with Crippen LogP contribution in [0, 0.1) is 20.8 Å². The highest BCUT2D eigenvalue weighted by Gasteiger charge is 2.22. The second-order valence-electron chi connectivity index (χ2n) is 8.15. The molecule has 1 saturated carbocycles. The first kappa shape index (κ1) is 21.3. The summed E-state index contributed by atoms with van der Waals surface area (Å²) in [6, 6.07) is 2.14. The molecule has 1 amide bonds. The molecule has 7 nitrogen and oxygen atoms in total. The maximum atomic E-state index is 12.4. The molecule has 0 aliphatic heterocycles. The first-order valence-corrected chi connectivity index (χ1v) is 10.7. The van der Waals surface area contributed by atoms with Gasteiger partial charge in [-0.05, 0) is 52.5 Å². The third-order valence-electron chi connectivity index (χ3n) is 5.74. The fraction of sp³-hybridized carbons (Fsp3) is 0.636. The number of carbonyl (C=O) groups excluding carboxylic acids is 2. The second kappa shape index (κ2) is 9.37. The van der Waals surface area contributed by atoms with Crippen LogP contribution in [-0.4, -0.2) is 38.6 Å². The normalized spacial score (nSPS) is 16.4. The largest absolute Gasteiger partial charge is 0.453 e. The average Bonchev–Trinajstić information content (AvgIpc) is 2.86. The Labute approximate surface area is 172 Å². The Morgan fingerprint density at radius 2 is 1.90 bits per heavy atom. The van der Waals surface area contributed by atoms with E-state index in [1.54, 1.807) is 6.92 Å². The van der Waals surface area contributed by atoms with Crippen LogP contribution in [0.4, 0.5) is 0 Å². The lowest BCUT2D eigenvalue weighted by molar-refractivity contribution is -0.155. The Kier molecular flexibility index (Phi) is 6.87. The predicted molar refractivity (Wildman–Crippen MR) is 111 cm³/mol. The van der Waals surface area contributed by atoms with E-state index in [-0.39, 0.29) is 24.3 Å². The van der Waals surface area contributed by atoms with Gasteiger partial charge in [-0.15, -0.1) is 0 Å². The van der Waals surface area contributed by atoms with Crippen molar-refractivity contribution >= 4 is 17.5 Å². The van der Waals surface area contributed by atoms with Crippen LogP contribution in [0.3, 0.4) is 0 Å². The molecular formula is C22H32N4O3. The molecule has 3 rings (SSSR count). The molecule has 1 aliphatic carbocycles. The minimum absolute atomic E-state index is 0.201. The highest BCUT2D eigenvalue weighted by atomic mass is 16.5. The van der Waals surface area contributed by atoms with Crippen LogP contribution >= 0.6 is 0 Å². The Morgan fingerprint density at radius 3 is 2.59 bits per heavy atom. The molecule has 2 aromatic rings. The lowest BCUT2D eigenvalue weighted by Gasteiger charge is -2.19. The summed E-state index contributed by atoms with van der Waals surface area (Å²) < 4.78 is 7.20. The van der Waals surface area contributed by atoms with Gasteiger partial charge in [-0.3, -0.25) is 9.59 Å². The van der Waals surface area contributed by atoms with Crippen molar-refractivity contribution in [3.05, 3.63) is 28.7 Å². The van der Waals surface area contributed by atoms with Crippen LogP contribution in [0.1, 0.15) is 74.5 Å². The lowest BCUT2D eigenvalue weighted by Crippen LogP contribution is -2.41. The molecule has 2 heterocycles. The summed E-state index contributed by atoms with van der Waals surface area (Å²) in [4.78, 5) is 29.3. The van der Waals surface area contributed by atoms with Crippen molar-refractivity contribution in [3.63, 3.8) is 0 Å². The quantitative estimate of drug-likeness (QED) is 0.594. The number of nitrogens with zero attached hydrogens (tertiary/aromatic N) is 3. The third-order valence-corrected chi connectivity index (χ3v) is 5.74. The molecule has 7 heteroatoms. The Bertz CT molecular complexity index is 882. The number of carbonyl (C=O) groups is 2. The summed E-state index contributed by atoms with van der Waals surface area (Å²) in [5.41, 5.74) is 4.58. The lowest BCUT2D eigenvalue weighted by atomic mass is 10.1. The Balaban J connectivity index is 1.54. The highest BCUT2D eigenvalue weighted by Crippen LogP contribution is 2.19.